The number of ether oxygens (including phenoxy) is 3. The van der Waals surface area contributed by atoms with Crippen LogP contribution in [0.3, 0.4) is 0 Å². The first-order chi connectivity index (χ1) is 35.2. The number of allylic oxidation sites excluding steroid dienone is 5. The van der Waals surface area contributed by atoms with E-state index in [1.54, 1.807) is 6.08 Å². The summed E-state index contributed by atoms with van der Waals surface area (Å²) in [7, 11) is 0. The molecule has 0 spiro atoms. The van der Waals surface area contributed by atoms with Crippen LogP contribution in [0, 0.1) is 0 Å². The molecule has 11 heteroatoms. The Labute approximate surface area is 441 Å². The largest absolute Gasteiger partial charge is 0.466 e. The van der Waals surface area contributed by atoms with Gasteiger partial charge in [0.1, 0.15) is 24.4 Å². The van der Waals surface area contributed by atoms with E-state index in [0.29, 0.717) is 19.4 Å². The van der Waals surface area contributed by atoms with E-state index in [0.717, 1.165) is 77.0 Å². The summed E-state index contributed by atoms with van der Waals surface area (Å²) in [4.78, 5) is 25.1. The van der Waals surface area contributed by atoms with E-state index in [1.165, 1.54) is 173 Å². The van der Waals surface area contributed by atoms with Crippen molar-refractivity contribution in [3.05, 3.63) is 36.5 Å². The third-order valence-electron chi connectivity index (χ3n) is 14.2. The molecule has 1 aliphatic heterocycles. The van der Waals surface area contributed by atoms with Gasteiger partial charge in [0, 0.05) is 12.8 Å². The van der Waals surface area contributed by atoms with Crippen molar-refractivity contribution in [1.82, 2.24) is 5.32 Å². The van der Waals surface area contributed by atoms with Gasteiger partial charge in [-0.1, -0.05) is 243 Å². The lowest BCUT2D eigenvalue weighted by atomic mass is 9.99. The van der Waals surface area contributed by atoms with Crippen molar-refractivity contribution in [3.63, 3.8) is 0 Å². The molecule has 72 heavy (non-hydrogen) atoms. The van der Waals surface area contributed by atoms with Gasteiger partial charge in [0.2, 0.25) is 5.91 Å². The third kappa shape index (κ3) is 40.2. The quantitative estimate of drug-likeness (QED) is 0.0195. The predicted molar refractivity (Wildman–Crippen MR) is 297 cm³/mol. The van der Waals surface area contributed by atoms with E-state index in [1.807, 2.05) is 6.08 Å². The third-order valence-corrected chi connectivity index (χ3v) is 14.2. The first-order valence-electron chi connectivity index (χ1n) is 30.3. The van der Waals surface area contributed by atoms with Gasteiger partial charge in [0.25, 0.3) is 0 Å². The zero-order valence-corrected chi connectivity index (χ0v) is 46.4. The summed E-state index contributed by atoms with van der Waals surface area (Å²) < 4.78 is 16.7. The molecule has 0 radical (unpaired) electrons. The lowest BCUT2D eigenvalue weighted by molar-refractivity contribution is -0.302. The van der Waals surface area contributed by atoms with E-state index in [9.17, 15) is 35.1 Å². The number of nitrogens with one attached hydrogen (secondary N) is 1. The SMILES string of the molecule is CCCCCC/C=C/CC/C=C/CC/C=C/C(O)C(COC1OC(CO)C(O)C(O)C1O)NC(=O)CCCCCCCCCCCCCCCCCCCCCOC(=O)CCCCCCCCCCCCC. The molecule has 1 rings (SSSR count). The Morgan fingerprint density at radius 3 is 1.38 bits per heavy atom. The van der Waals surface area contributed by atoms with Crippen LogP contribution in [-0.4, -0.2) is 100 Å². The van der Waals surface area contributed by atoms with Crippen molar-refractivity contribution in [2.75, 3.05) is 19.8 Å². The first kappa shape index (κ1) is 67.9. The van der Waals surface area contributed by atoms with Crippen molar-refractivity contribution in [1.29, 1.82) is 0 Å². The second-order valence-corrected chi connectivity index (χ2v) is 21.0. The van der Waals surface area contributed by atoms with Crippen molar-refractivity contribution in [2.45, 2.75) is 320 Å². The maximum atomic E-state index is 13.0. The fourth-order valence-corrected chi connectivity index (χ4v) is 9.41. The van der Waals surface area contributed by atoms with Crippen LogP contribution >= 0.6 is 0 Å². The smallest absolute Gasteiger partial charge is 0.305 e. The summed E-state index contributed by atoms with van der Waals surface area (Å²) in [6, 6.07) is -0.837. The fourth-order valence-electron chi connectivity index (χ4n) is 9.41. The van der Waals surface area contributed by atoms with Crippen molar-refractivity contribution < 1.29 is 49.3 Å². The molecule has 0 aromatic carbocycles. The van der Waals surface area contributed by atoms with Crippen LogP contribution < -0.4 is 5.32 Å². The summed E-state index contributed by atoms with van der Waals surface area (Å²) in [5.74, 6) is -0.206. The van der Waals surface area contributed by atoms with E-state index in [-0.39, 0.29) is 18.5 Å². The Hall–Kier alpha value is -2.12. The van der Waals surface area contributed by atoms with Crippen LogP contribution in [-0.2, 0) is 23.8 Å². The van der Waals surface area contributed by atoms with E-state index < -0.39 is 49.5 Å². The molecule has 0 aromatic rings. The van der Waals surface area contributed by atoms with Gasteiger partial charge < -0.3 is 45.1 Å². The molecule has 422 valence electrons. The van der Waals surface area contributed by atoms with Crippen LogP contribution in [0.1, 0.15) is 277 Å². The van der Waals surface area contributed by atoms with Gasteiger partial charge in [-0.2, -0.15) is 0 Å². The van der Waals surface area contributed by atoms with E-state index in [4.69, 9.17) is 14.2 Å². The molecule has 7 unspecified atom stereocenters. The molecule has 0 aliphatic carbocycles. The van der Waals surface area contributed by atoms with E-state index >= 15 is 0 Å². The lowest BCUT2D eigenvalue weighted by Crippen LogP contribution is -2.60. The number of amides is 1. The van der Waals surface area contributed by atoms with Gasteiger partial charge >= 0.3 is 5.97 Å². The predicted octanol–water partition coefficient (Wildman–Crippen LogP) is 13.9. The zero-order valence-electron chi connectivity index (χ0n) is 46.4. The van der Waals surface area contributed by atoms with Crippen LogP contribution in [0.2, 0.25) is 0 Å². The van der Waals surface area contributed by atoms with Gasteiger partial charge in [-0.25, -0.2) is 0 Å². The lowest BCUT2D eigenvalue weighted by Gasteiger charge is -2.40. The molecule has 1 heterocycles. The summed E-state index contributed by atoms with van der Waals surface area (Å²) in [5, 5.41) is 54.4. The number of carbonyl (C=O) groups excluding carboxylic acids is 2. The minimum atomic E-state index is -1.58. The number of rotatable bonds is 52. The Kier molecular flexibility index (Phi) is 48.1. The minimum absolute atomic E-state index is 0.00713. The Balaban J connectivity index is 2.11. The number of hydrogen-bond donors (Lipinski definition) is 6. The number of carbonyl (C=O) groups is 2. The highest BCUT2D eigenvalue weighted by Crippen LogP contribution is 2.23. The number of esters is 1. The Morgan fingerprint density at radius 2 is 0.903 bits per heavy atom. The standard InChI is InChI=1S/C61H113NO10/c1-3-5-7-9-11-13-15-16-24-28-31-35-39-43-47-54(64)53(52-71-61-60(69)59(68)58(67)55(51-63)72-61)62-56(65)48-44-40-36-32-29-25-22-20-18-17-19-21-23-26-30-34-38-42-46-50-70-57(66)49-45-41-37-33-27-14-12-10-8-6-4-2/h13,15,28,31,43,47,53-55,58-61,63-64,67-69H,3-12,14,16-27,29-30,32-42,44-46,48-52H2,1-2H3,(H,62,65)/b15-13+,31-28+,47-43+. The second kappa shape index (κ2) is 51.0. The fraction of sp³-hybridized carbons (Fsp3) is 0.869. The number of aliphatic hydroxyl groups excluding tert-OH is 5. The summed E-state index contributed by atoms with van der Waals surface area (Å²) >= 11 is 0. The van der Waals surface area contributed by atoms with Gasteiger partial charge in [-0.15, -0.1) is 0 Å². The first-order valence-corrected chi connectivity index (χ1v) is 30.3. The second-order valence-electron chi connectivity index (χ2n) is 21.0. The number of aliphatic hydroxyl groups is 5. The van der Waals surface area contributed by atoms with Crippen LogP contribution in [0.4, 0.5) is 0 Å². The monoisotopic (exact) mass is 1020 g/mol. The molecular weight excluding hydrogens is 907 g/mol. The topological polar surface area (TPSA) is 175 Å². The Morgan fingerprint density at radius 1 is 0.500 bits per heavy atom. The molecule has 0 aromatic heterocycles. The van der Waals surface area contributed by atoms with Gasteiger partial charge in [0.15, 0.2) is 6.29 Å². The van der Waals surface area contributed by atoms with Crippen molar-refractivity contribution in [3.8, 4) is 0 Å². The molecule has 6 N–H and O–H groups in total. The van der Waals surface area contributed by atoms with Gasteiger partial charge in [-0.05, 0) is 57.8 Å². The van der Waals surface area contributed by atoms with Crippen molar-refractivity contribution >= 4 is 11.9 Å². The van der Waals surface area contributed by atoms with Crippen molar-refractivity contribution in [2.24, 2.45) is 0 Å². The molecule has 1 saturated heterocycles. The van der Waals surface area contributed by atoms with E-state index in [2.05, 4.69) is 43.5 Å². The number of hydrogen-bond acceptors (Lipinski definition) is 10. The van der Waals surface area contributed by atoms with Gasteiger partial charge in [0.05, 0.1) is 32.0 Å². The molecule has 1 fully saturated rings. The maximum absolute atomic E-state index is 13.0. The highest BCUT2D eigenvalue weighted by atomic mass is 16.7. The molecule has 7 atom stereocenters. The molecule has 1 amide bonds. The summed E-state index contributed by atoms with van der Waals surface area (Å²) in [5.41, 5.74) is 0. The van der Waals surface area contributed by atoms with Crippen LogP contribution in [0.5, 0.6) is 0 Å². The normalized spacial score (nSPS) is 19.2. The Bertz CT molecular complexity index is 1290. The highest BCUT2D eigenvalue weighted by molar-refractivity contribution is 5.76. The van der Waals surface area contributed by atoms with Gasteiger partial charge in [-0.3, -0.25) is 9.59 Å². The molecule has 11 nitrogen and oxygen atoms in total. The average Bonchev–Trinajstić information content (AvgIpc) is 3.38. The number of unbranched alkanes of at least 4 members (excludes halogenated alkanes) is 34. The minimum Gasteiger partial charge on any atom is -0.466 e. The average molecular weight is 1020 g/mol. The van der Waals surface area contributed by atoms with Crippen LogP contribution in [0.15, 0.2) is 36.5 Å². The molecule has 0 saturated carbocycles. The molecule has 0 bridgehead atoms. The highest BCUT2D eigenvalue weighted by Gasteiger charge is 2.44. The zero-order chi connectivity index (χ0) is 52.4. The molecular formula is C61H113NO10. The maximum Gasteiger partial charge on any atom is 0.305 e. The summed E-state index contributed by atoms with van der Waals surface area (Å²) in [6.45, 7) is 4.29. The van der Waals surface area contributed by atoms with Crippen LogP contribution in [0.25, 0.3) is 0 Å². The summed E-state index contributed by atoms with van der Waals surface area (Å²) in [6.07, 6.45) is 52.3. The molecule has 1 aliphatic rings.